The minimum Gasteiger partial charge on any atom is -0.208 e. The molecule has 166 valence electrons. The Bertz CT molecular complexity index is 961. The van der Waals surface area contributed by atoms with Crippen LogP contribution in [0.4, 0.5) is 0 Å². The first kappa shape index (κ1) is 20.9. The molecule has 0 heterocycles. The van der Waals surface area contributed by atoms with Gasteiger partial charge in [-0.15, -0.1) is 0 Å². The molecule has 1 aromatic carbocycles. The average molecular weight is 453 g/mol. The van der Waals surface area contributed by atoms with Crippen molar-refractivity contribution >= 4 is 20.0 Å². The molecule has 5 aliphatic carbocycles. The smallest absolute Gasteiger partial charge is 0.208 e. The highest BCUT2D eigenvalue weighted by Crippen LogP contribution is 2.55. The molecule has 4 bridgehead atoms. The van der Waals surface area contributed by atoms with Gasteiger partial charge in [0.25, 0.3) is 0 Å². The molecule has 5 saturated carbocycles. The molecular formula is C22H32N2O4S2. The van der Waals surface area contributed by atoms with Gasteiger partial charge in [-0.25, -0.2) is 26.3 Å². The maximum absolute atomic E-state index is 13.1. The van der Waals surface area contributed by atoms with Gasteiger partial charge < -0.3 is 0 Å². The molecule has 2 N–H and O–H groups in total. The van der Waals surface area contributed by atoms with Crippen LogP contribution in [-0.4, -0.2) is 28.4 Å². The molecule has 1 aromatic rings. The number of hydrogen-bond acceptors (Lipinski definition) is 4. The molecule has 0 aromatic heterocycles. The molecule has 6 nitrogen and oxygen atoms in total. The van der Waals surface area contributed by atoms with Crippen molar-refractivity contribution in [3.05, 3.63) is 24.3 Å². The van der Waals surface area contributed by atoms with Crippen molar-refractivity contribution in [2.75, 3.05) is 0 Å². The molecule has 0 aliphatic heterocycles. The van der Waals surface area contributed by atoms with E-state index in [0.717, 1.165) is 51.4 Å². The van der Waals surface area contributed by atoms with E-state index < -0.39 is 20.0 Å². The fourth-order valence-corrected chi connectivity index (χ4v) is 9.62. The molecule has 0 radical (unpaired) electrons. The van der Waals surface area contributed by atoms with Gasteiger partial charge in [0.2, 0.25) is 20.0 Å². The van der Waals surface area contributed by atoms with E-state index in [4.69, 9.17) is 0 Å². The number of benzene rings is 1. The lowest BCUT2D eigenvalue weighted by atomic mass is 9.53. The Morgan fingerprint density at radius 3 is 1.67 bits per heavy atom. The number of rotatable bonds is 6. The fraction of sp³-hybridized carbons (Fsp3) is 0.727. The SMILES string of the molecule is O=S(=O)(NC1CCCCC1)c1ccc(S(=O)(=O)NC23CC4CC(CC(C4)C2)C3)cc1. The third-order valence-corrected chi connectivity index (χ3v) is 10.9. The van der Waals surface area contributed by atoms with Gasteiger partial charge in [0, 0.05) is 11.6 Å². The van der Waals surface area contributed by atoms with Gasteiger partial charge in [-0.05, 0) is 93.4 Å². The lowest BCUT2D eigenvalue weighted by molar-refractivity contribution is -0.00810. The summed E-state index contributed by atoms with van der Waals surface area (Å²) >= 11 is 0. The zero-order chi connectivity index (χ0) is 21.0. The van der Waals surface area contributed by atoms with E-state index >= 15 is 0 Å². The number of nitrogens with one attached hydrogen (secondary N) is 2. The minimum absolute atomic E-state index is 0.0232. The average Bonchev–Trinajstić information content (AvgIpc) is 2.67. The molecular weight excluding hydrogens is 420 g/mol. The van der Waals surface area contributed by atoms with E-state index in [9.17, 15) is 16.8 Å². The Morgan fingerprint density at radius 1 is 0.700 bits per heavy atom. The highest BCUT2D eigenvalue weighted by atomic mass is 32.2. The van der Waals surface area contributed by atoms with Gasteiger partial charge in [-0.3, -0.25) is 0 Å². The van der Waals surface area contributed by atoms with Crippen LogP contribution in [0.15, 0.2) is 34.1 Å². The number of hydrogen-bond donors (Lipinski definition) is 2. The largest absolute Gasteiger partial charge is 0.241 e. The Labute approximate surface area is 180 Å². The first-order chi connectivity index (χ1) is 14.2. The first-order valence-corrected chi connectivity index (χ1v) is 14.4. The van der Waals surface area contributed by atoms with Crippen LogP contribution in [0.3, 0.4) is 0 Å². The van der Waals surface area contributed by atoms with Crippen molar-refractivity contribution in [3.63, 3.8) is 0 Å². The topological polar surface area (TPSA) is 92.3 Å². The van der Waals surface area contributed by atoms with Gasteiger partial charge in [-0.2, -0.15) is 0 Å². The third-order valence-electron chi connectivity index (χ3n) is 7.76. The third kappa shape index (κ3) is 4.08. The van der Waals surface area contributed by atoms with E-state index in [1.165, 1.54) is 43.5 Å². The van der Waals surface area contributed by atoms with E-state index in [0.29, 0.717) is 17.8 Å². The van der Waals surface area contributed by atoms with Gasteiger partial charge in [0.15, 0.2) is 0 Å². The summed E-state index contributed by atoms with van der Waals surface area (Å²) in [6.45, 7) is 0. The second-order valence-corrected chi connectivity index (χ2v) is 13.6. The quantitative estimate of drug-likeness (QED) is 0.690. The van der Waals surface area contributed by atoms with Crippen molar-refractivity contribution in [2.24, 2.45) is 17.8 Å². The van der Waals surface area contributed by atoms with E-state index in [1.807, 2.05) is 0 Å². The van der Waals surface area contributed by atoms with Crippen molar-refractivity contribution in [3.8, 4) is 0 Å². The zero-order valence-corrected chi connectivity index (χ0v) is 19.0. The Balaban J connectivity index is 1.31. The maximum Gasteiger partial charge on any atom is 0.241 e. The van der Waals surface area contributed by atoms with Crippen LogP contribution in [0.5, 0.6) is 0 Å². The minimum atomic E-state index is -3.68. The van der Waals surface area contributed by atoms with Gasteiger partial charge >= 0.3 is 0 Å². The van der Waals surface area contributed by atoms with Crippen LogP contribution >= 0.6 is 0 Å². The van der Waals surface area contributed by atoms with Crippen molar-refractivity contribution < 1.29 is 16.8 Å². The maximum atomic E-state index is 13.1. The summed E-state index contributed by atoms with van der Waals surface area (Å²) in [6.07, 6.45) is 11.5. The monoisotopic (exact) mass is 452 g/mol. The second-order valence-electron chi connectivity index (χ2n) is 10.2. The highest BCUT2D eigenvalue weighted by molar-refractivity contribution is 7.90. The molecule has 0 saturated heterocycles. The summed E-state index contributed by atoms with van der Waals surface area (Å²) in [4.78, 5) is 0.275. The normalized spacial score (nSPS) is 34.3. The molecule has 8 heteroatoms. The molecule has 30 heavy (non-hydrogen) atoms. The summed E-state index contributed by atoms with van der Waals surface area (Å²) in [7, 11) is -7.31. The van der Waals surface area contributed by atoms with E-state index in [1.54, 1.807) is 0 Å². The Morgan fingerprint density at radius 2 is 1.17 bits per heavy atom. The first-order valence-electron chi connectivity index (χ1n) is 11.4. The van der Waals surface area contributed by atoms with Crippen LogP contribution < -0.4 is 9.44 Å². The van der Waals surface area contributed by atoms with Crippen molar-refractivity contribution in [2.45, 2.75) is 92.0 Å². The summed E-state index contributed by atoms with van der Waals surface area (Å²) in [5.74, 6) is 1.95. The van der Waals surface area contributed by atoms with Crippen molar-refractivity contribution in [1.29, 1.82) is 0 Å². The van der Waals surface area contributed by atoms with Crippen LogP contribution in [-0.2, 0) is 20.0 Å². The molecule has 5 fully saturated rings. The van der Waals surface area contributed by atoms with Gasteiger partial charge in [0.1, 0.15) is 0 Å². The van der Waals surface area contributed by atoms with Crippen LogP contribution in [0, 0.1) is 17.8 Å². The summed E-state index contributed by atoms with van der Waals surface area (Å²) in [5, 5.41) is 0. The second kappa shape index (κ2) is 7.57. The summed E-state index contributed by atoms with van der Waals surface area (Å²) < 4.78 is 57.4. The molecule has 0 spiro atoms. The lowest BCUT2D eigenvalue weighted by Crippen LogP contribution is -2.59. The highest BCUT2D eigenvalue weighted by Gasteiger charge is 2.52. The standard InChI is InChI=1S/C22H32N2O4S2/c25-29(26,23-19-4-2-1-3-5-19)20-6-8-21(9-7-20)30(27,28)24-22-13-16-10-17(14-22)12-18(11-16)15-22/h6-9,16-19,23-24H,1-5,10-15H2. The van der Waals surface area contributed by atoms with E-state index in [2.05, 4.69) is 9.44 Å². The van der Waals surface area contributed by atoms with Crippen LogP contribution in [0.1, 0.15) is 70.6 Å². The molecule has 0 amide bonds. The number of sulfonamides is 2. The summed E-state index contributed by atoms with van der Waals surface area (Å²) in [6, 6.07) is 5.67. The molecule has 6 rings (SSSR count). The molecule has 0 unspecified atom stereocenters. The Kier molecular flexibility index (Phi) is 5.28. The predicted molar refractivity (Wildman–Crippen MR) is 115 cm³/mol. The zero-order valence-electron chi connectivity index (χ0n) is 17.3. The van der Waals surface area contributed by atoms with E-state index in [-0.39, 0.29) is 21.4 Å². The Hall–Kier alpha value is -0.960. The molecule has 5 aliphatic rings. The fourth-order valence-electron chi connectivity index (χ4n) is 6.89. The van der Waals surface area contributed by atoms with Crippen LogP contribution in [0.25, 0.3) is 0 Å². The predicted octanol–water partition coefficient (Wildman–Crippen LogP) is 3.54. The lowest BCUT2D eigenvalue weighted by Gasteiger charge is -2.56. The summed E-state index contributed by atoms with van der Waals surface area (Å²) in [5.41, 5.74) is -0.305. The molecule has 0 atom stereocenters. The van der Waals surface area contributed by atoms with Crippen molar-refractivity contribution in [1.82, 2.24) is 9.44 Å². The van der Waals surface area contributed by atoms with Gasteiger partial charge in [0.05, 0.1) is 9.79 Å². The van der Waals surface area contributed by atoms with Gasteiger partial charge in [-0.1, -0.05) is 19.3 Å². The van der Waals surface area contributed by atoms with Crippen LogP contribution in [0.2, 0.25) is 0 Å².